The molecule has 0 N–H and O–H groups in total. The van der Waals surface area contributed by atoms with Gasteiger partial charge in [-0.15, -0.1) is 0 Å². The first-order chi connectivity index (χ1) is 9.49. The SMILES string of the molecule is CN(C)C(=O)N1CCN(C(=O)c2cccc(Br)n2)CC1. The highest BCUT2D eigenvalue weighted by Gasteiger charge is 2.26. The fraction of sp³-hybridized carbons (Fsp3) is 0.462. The molecule has 0 radical (unpaired) electrons. The van der Waals surface area contributed by atoms with Crippen molar-refractivity contribution in [1.82, 2.24) is 19.7 Å². The molecule has 0 saturated carbocycles. The summed E-state index contributed by atoms with van der Waals surface area (Å²) >= 11 is 3.26. The molecule has 7 heteroatoms. The summed E-state index contributed by atoms with van der Waals surface area (Å²) in [5, 5.41) is 0. The largest absolute Gasteiger partial charge is 0.334 e. The summed E-state index contributed by atoms with van der Waals surface area (Å²) < 4.78 is 0.643. The van der Waals surface area contributed by atoms with Crippen molar-refractivity contribution in [3.63, 3.8) is 0 Å². The Hall–Kier alpha value is -1.63. The Bertz CT molecular complexity index is 513. The number of piperazine rings is 1. The molecular weight excluding hydrogens is 324 g/mol. The van der Waals surface area contributed by atoms with Crippen molar-refractivity contribution in [2.75, 3.05) is 40.3 Å². The number of hydrogen-bond acceptors (Lipinski definition) is 3. The van der Waals surface area contributed by atoms with Crippen molar-refractivity contribution in [2.24, 2.45) is 0 Å². The number of urea groups is 1. The molecule has 2 heterocycles. The fourth-order valence-electron chi connectivity index (χ4n) is 2.07. The predicted molar refractivity (Wildman–Crippen MR) is 78.5 cm³/mol. The Morgan fingerprint density at radius 2 is 1.75 bits per heavy atom. The average Bonchev–Trinajstić information content (AvgIpc) is 2.46. The number of carbonyl (C=O) groups is 2. The minimum absolute atomic E-state index is 0.0160. The van der Waals surface area contributed by atoms with Crippen LogP contribution in [0.1, 0.15) is 10.5 Å². The van der Waals surface area contributed by atoms with E-state index >= 15 is 0 Å². The number of pyridine rings is 1. The third-order valence-corrected chi connectivity index (χ3v) is 3.60. The zero-order valence-electron chi connectivity index (χ0n) is 11.5. The molecule has 108 valence electrons. The van der Waals surface area contributed by atoms with E-state index in [-0.39, 0.29) is 11.9 Å². The third-order valence-electron chi connectivity index (χ3n) is 3.15. The maximum absolute atomic E-state index is 12.3. The Labute approximate surface area is 126 Å². The topological polar surface area (TPSA) is 56.8 Å². The van der Waals surface area contributed by atoms with Gasteiger partial charge in [0.15, 0.2) is 0 Å². The minimum atomic E-state index is -0.0942. The maximum atomic E-state index is 12.3. The molecule has 0 atom stereocenters. The number of carbonyl (C=O) groups excluding carboxylic acids is 2. The lowest BCUT2D eigenvalue weighted by Crippen LogP contribution is -2.53. The first-order valence-corrected chi connectivity index (χ1v) is 7.16. The molecule has 1 aromatic heterocycles. The highest BCUT2D eigenvalue weighted by molar-refractivity contribution is 9.10. The van der Waals surface area contributed by atoms with Crippen molar-refractivity contribution < 1.29 is 9.59 Å². The van der Waals surface area contributed by atoms with Crippen LogP contribution in [-0.2, 0) is 0 Å². The monoisotopic (exact) mass is 340 g/mol. The standard InChI is InChI=1S/C13H17BrN4O2/c1-16(2)13(20)18-8-6-17(7-9-18)12(19)10-4-3-5-11(14)15-10/h3-5H,6-9H2,1-2H3. The number of aromatic nitrogens is 1. The van der Waals surface area contributed by atoms with Gasteiger partial charge in [0.1, 0.15) is 10.3 Å². The van der Waals surface area contributed by atoms with E-state index in [1.807, 2.05) is 0 Å². The molecule has 0 bridgehead atoms. The lowest BCUT2D eigenvalue weighted by atomic mass is 10.2. The Kier molecular flexibility index (Phi) is 4.59. The van der Waals surface area contributed by atoms with E-state index in [9.17, 15) is 9.59 Å². The van der Waals surface area contributed by atoms with Gasteiger partial charge in [0, 0.05) is 40.3 Å². The number of nitrogens with zero attached hydrogens (tertiary/aromatic N) is 4. The van der Waals surface area contributed by atoms with Crippen LogP contribution < -0.4 is 0 Å². The summed E-state index contributed by atoms with van der Waals surface area (Å²) in [4.78, 5) is 33.3. The van der Waals surface area contributed by atoms with E-state index < -0.39 is 0 Å². The summed E-state index contributed by atoms with van der Waals surface area (Å²) in [5.74, 6) is -0.0942. The van der Waals surface area contributed by atoms with Crippen molar-refractivity contribution in [1.29, 1.82) is 0 Å². The Balaban J connectivity index is 1.97. The number of amides is 3. The molecule has 1 saturated heterocycles. The molecule has 0 aromatic carbocycles. The van der Waals surface area contributed by atoms with Gasteiger partial charge < -0.3 is 14.7 Å². The second-order valence-corrected chi connectivity index (χ2v) is 5.61. The smallest absolute Gasteiger partial charge is 0.319 e. The van der Waals surface area contributed by atoms with E-state index in [0.717, 1.165) is 0 Å². The van der Waals surface area contributed by atoms with Crippen LogP contribution in [0.5, 0.6) is 0 Å². The van der Waals surface area contributed by atoms with Crippen molar-refractivity contribution in [2.45, 2.75) is 0 Å². The quantitative estimate of drug-likeness (QED) is 0.723. The molecule has 6 nitrogen and oxygen atoms in total. The van der Waals surface area contributed by atoms with Crippen molar-refractivity contribution >= 4 is 27.9 Å². The zero-order valence-corrected chi connectivity index (χ0v) is 13.1. The fourth-order valence-corrected chi connectivity index (χ4v) is 2.42. The van der Waals surface area contributed by atoms with Crippen LogP contribution in [0.15, 0.2) is 22.8 Å². The van der Waals surface area contributed by atoms with Crippen LogP contribution in [0.25, 0.3) is 0 Å². The first-order valence-electron chi connectivity index (χ1n) is 6.37. The van der Waals surface area contributed by atoms with Gasteiger partial charge in [-0.1, -0.05) is 6.07 Å². The highest BCUT2D eigenvalue weighted by Crippen LogP contribution is 2.11. The maximum Gasteiger partial charge on any atom is 0.319 e. The van der Waals surface area contributed by atoms with E-state index in [0.29, 0.717) is 36.5 Å². The van der Waals surface area contributed by atoms with E-state index in [2.05, 4.69) is 20.9 Å². The van der Waals surface area contributed by atoms with Crippen LogP contribution in [0, 0.1) is 0 Å². The highest BCUT2D eigenvalue weighted by atomic mass is 79.9. The third kappa shape index (κ3) is 3.27. The molecule has 1 aromatic rings. The van der Waals surface area contributed by atoms with Gasteiger partial charge in [-0.3, -0.25) is 4.79 Å². The lowest BCUT2D eigenvalue weighted by Gasteiger charge is -2.35. The van der Waals surface area contributed by atoms with Crippen LogP contribution in [0.2, 0.25) is 0 Å². The van der Waals surface area contributed by atoms with Gasteiger partial charge in [-0.25, -0.2) is 9.78 Å². The van der Waals surface area contributed by atoms with Gasteiger partial charge in [-0.05, 0) is 28.1 Å². The summed E-state index contributed by atoms with van der Waals surface area (Å²) in [5.41, 5.74) is 0.423. The van der Waals surface area contributed by atoms with Gasteiger partial charge >= 0.3 is 6.03 Å². The van der Waals surface area contributed by atoms with E-state index in [1.54, 1.807) is 47.0 Å². The normalized spacial score (nSPS) is 15.2. The Morgan fingerprint density at radius 1 is 1.15 bits per heavy atom. The Morgan fingerprint density at radius 3 is 2.30 bits per heavy atom. The number of hydrogen-bond donors (Lipinski definition) is 0. The number of rotatable bonds is 1. The van der Waals surface area contributed by atoms with Crippen molar-refractivity contribution in [3.05, 3.63) is 28.5 Å². The van der Waals surface area contributed by atoms with E-state index in [4.69, 9.17) is 0 Å². The second-order valence-electron chi connectivity index (χ2n) is 4.80. The van der Waals surface area contributed by atoms with Gasteiger partial charge in [0.2, 0.25) is 0 Å². The summed E-state index contributed by atoms with van der Waals surface area (Å²) in [6, 6.07) is 5.25. The molecule has 3 amide bonds. The molecule has 0 aliphatic carbocycles. The van der Waals surface area contributed by atoms with Gasteiger partial charge in [0.25, 0.3) is 5.91 Å². The summed E-state index contributed by atoms with van der Waals surface area (Å²) in [6.07, 6.45) is 0. The number of halogens is 1. The van der Waals surface area contributed by atoms with Crippen molar-refractivity contribution in [3.8, 4) is 0 Å². The average molecular weight is 341 g/mol. The van der Waals surface area contributed by atoms with Gasteiger partial charge in [0.05, 0.1) is 0 Å². The van der Waals surface area contributed by atoms with Gasteiger partial charge in [-0.2, -0.15) is 0 Å². The second kappa shape index (κ2) is 6.21. The van der Waals surface area contributed by atoms with Crippen LogP contribution in [-0.4, -0.2) is 71.9 Å². The zero-order chi connectivity index (χ0) is 14.7. The first kappa shape index (κ1) is 14.8. The molecule has 1 aliphatic rings. The van der Waals surface area contributed by atoms with Crippen LogP contribution >= 0.6 is 15.9 Å². The predicted octanol–water partition coefficient (Wildman–Crippen LogP) is 1.28. The molecule has 1 aliphatic heterocycles. The molecule has 2 rings (SSSR count). The molecule has 0 unspecified atom stereocenters. The minimum Gasteiger partial charge on any atom is -0.334 e. The summed E-state index contributed by atoms with van der Waals surface area (Å²) in [6.45, 7) is 2.17. The van der Waals surface area contributed by atoms with E-state index in [1.165, 1.54) is 0 Å². The molecule has 0 spiro atoms. The molecule has 20 heavy (non-hydrogen) atoms. The lowest BCUT2D eigenvalue weighted by molar-refractivity contribution is 0.0644. The van der Waals surface area contributed by atoms with Crippen LogP contribution in [0.4, 0.5) is 4.79 Å². The molecular formula is C13H17BrN4O2. The molecule has 1 fully saturated rings. The van der Waals surface area contributed by atoms with Crippen LogP contribution in [0.3, 0.4) is 0 Å². The summed E-state index contributed by atoms with van der Waals surface area (Å²) in [7, 11) is 3.45.